The van der Waals surface area contributed by atoms with Crippen LogP contribution in [0, 0.1) is 5.92 Å². The number of hydrogen-bond donors (Lipinski definition) is 1. The minimum Gasteiger partial charge on any atom is -0.326 e. The van der Waals surface area contributed by atoms with E-state index in [4.69, 9.17) is 0 Å². The van der Waals surface area contributed by atoms with Crippen molar-refractivity contribution in [2.75, 3.05) is 25.5 Å². The van der Waals surface area contributed by atoms with Crippen LogP contribution in [0.1, 0.15) is 26.3 Å². The summed E-state index contributed by atoms with van der Waals surface area (Å²) >= 11 is 0. The molecule has 1 N–H and O–H groups in total. The molecule has 3 nitrogen and oxygen atoms in total. The molecule has 0 radical (unpaired) electrons. The number of hydrogen-bond acceptors (Lipinski definition) is 2. The van der Waals surface area contributed by atoms with E-state index in [1.807, 2.05) is 19.2 Å². The van der Waals surface area contributed by atoms with Crippen LogP contribution in [0.5, 0.6) is 0 Å². The number of anilines is 1. The SMILES string of the molecule is CN1CC(C(=O)Nc2ccc(C(C)(C)C)cc2)C1. The van der Waals surface area contributed by atoms with Crippen LogP contribution in [-0.2, 0) is 10.2 Å². The third kappa shape index (κ3) is 2.91. The number of nitrogens with zero attached hydrogens (tertiary/aromatic N) is 1. The first-order valence-corrected chi connectivity index (χ1v) is 6.46. The summed E-state index contributed by atoms with van der Waals surface area (Å²) in [4.78, 5) is 14.0. The van der Waals surface area contributed by atoms with Crippen LogP contribution in [0.3, 0.4) is 0 Å². The van der Waals surface area contributed by atoms with Crippen molar-refractivity contribution in [3.63, 3.8) is 0 Å². The summed E-state index contributed by atoms with van der Waals surface area (Å²) in [5.74, 6) is 0.286. The molecule has 1 aromatic carbocycles. The molecule has 1 aromatic rings. The van der Waals surface area contributed by atoms with Gasteiger partial charge in [0.2, 0.25) is 5.91 Å². The fourth-order valence-corrected chi connectivity index (χ4v) is 2.16. The first-order chi connectivity index (χ1) is 8.36. The second-order valence-electron chi connectivity index (χ2n) is 6.23. The van der Waals surface area contributed by atoms with Crippen LogP contribution in [0.15, 0.2) is 24.3 Å². The zero-order valence-corrected chi connectivity index (χ0v) is 11.7. The first-order valence-electron chi connectivity index (χ1n) is 6.46. The zero-order chi connectivity index (χ0) is 13.3. The van der Waals surface area contributed by atoms with E-state index in [1.165, 1.54) is 5.56 Å². The molecular weight excluding hydrogens is 224 g/mol. The Hall–Kier alpha value is -1.35. The van der Waals surface area contributed by atoms with E-state index in [2.05, 4.69) is 43.1 Å². The lowest BCUT2D eigenvalue weighted by molar-refractivity contribution is -0.124. The maximum absolute atomic E-state index is 11.9. The van der Waals surface area contributed by atoms with Crippen molar-refractivity contribution in [3.05, 3.63) is 29.8 Å². The fourth-order valence-electron chi connectivity index (χ4n) is 2.16. The van der Waals surface area contributed by atoms with Crippen molar-refractivity contribution < 1.29 is 4.79 Å². The summed E-state index contributed by atoms with van der Waals surface area (Å²) in [5, 5.41) is 2.98. The number of amides is 1. The van der Waals surface area contributed by atoms with E-state index in [9.17, 15) is 4.79 Å². The Balaban J connectivity index is 1.96. The van der Waals surface area contributed by atoms with Crippen LogP contribution in [0.25, 0.3) is 0 Å². The van der Waals surface area contributed by atoms with Gasteiger partial charge in [-0.15, -0.1) is 0 Å². The summed E-state index contributed by atoms with van der Waals surface area (Å²) in [6, 6.07) is 8.15. The van der Waals surface area contributed by atoms with Gasteiger partial charge >= 0.3 is 0 Å². The van der Waals surface area contributed by atoms with Gasteiger partial charge in [0.15, 0.2) is 0 Å². The van der Waals surface area contributed by atoms with Gasteiger partial charge < -0.3 is 10.2 Å². The Kier molecular flexibility index (Phi) is 3.44. The average Bonchev–Trinajstić information content (AvgIpc) is 2.24. The molecule has 0 spiro atoms. The molecule has 1 amide bonds. The molecule has 0 unspecified atom stereocenters. The third-order valence-corrected chi connectivity index (χ3v) is 3.45. The summed E-state index contributed by atoms with van der Waals surface area (Å²) < 4.78 is 0. The van der Waals surface area contributed by atoms with E-state index < -0.39 is 0 Å². The summed E-state index contributed by atoms with van der Waals surface area (Å²) in [5.41, 5.74) is 2.32. The Morgan fingerprint density at radius 2 is 1.78 bits per heavy atom. The first kappa shape index (κ1) is 13.1. The maximum atomic E-state index is 11.9. The van der Waals surface area contributed by atoms with Crippen LogP contribution in [-0.4, -0.2) is 30.9 Å². The van der Waals surface area contributed by atoms with Gasteiger partial charge in [0.1, 0.15) is 0 Å². The molecule has 2 rings (SSSR count). The smallest absolute Gasteiger partial charge is 0.230 e. The lowest BCUT2D eigenvalue weighted by Crippen LogP contribution is -2.49. The van der Waals surface area contributed by atoms with E-state index in [1.54, 1.807) is 0 Å². The highest BCUT2D eigenvalue weighted by molar-refractivity contribution is 5.93. The molecule has 1 saturated heterocycles. The molecule has 18 heavy (non-hydrogen) atoms. The number of nitrogens with one attached hydrogen (secondary N) is 1. The fraction of sp³-hybridized carbons (Fsp3) is 0.533. The average molecular weight is 246 g/mol. The van der Waals surface area contributed by atoms with Crippen molar-refractivity contribution in [1.29, 1.82) is 0 Å². The topological polar surface area (TPSA) is 32.3 Å². The molecular formula is C15H22N2O. The lowest BCUT2D eigenvalue weighted by Gasteiger charge is -2.34. The van der Waals surface area contributed by atoms with Crippen LogP contribution in [0.4, 0.5) is 5.69 Å². The molecule has 1 aliphatic rings. The van der Waals surface area contributed by atoms with Gasteiger partial charge in [-0.05, 0) is 30.2 Å². The van der Waals surface area contributed by atoms with Crippen molar-refractivity contribution >= 4 is 11.6 Å². The number of carbonyl (C=O) groups excluding carboxylic acids is 1. The van der Waals surface area contributed by atoms with Crippen LogP contribution < -0.4 is 5.32 Å². The quantitative estimate of drug-likeness (QED) is 0.869. The maximum Gasteiger partial charge on any atom is 0.230 e. The Morgan fingerprint density at radius 3 is 2.22 bits per heavy atom. The highest BCUT2D eigenvalue weighted by Crippen LogP contribution is 2.24. The normalized spacial score (nSPS) is 17.3. The monoisotopic (exact) mass is 246 g/mol. The minimum absolute atomic E-state index is 0.136. The number of carbonyl (C=O) groups is 1. The molecule has 3 heteroatoms. The van der Waals surface area contributed by atoms with Gasteiger partial charge in [0.25, 0.3) is 0 Å². The molecule has 98 valence electrons. The zero-order valence-electron chi connectivity index (χ0n) is 11.7. The van der Waals surface area contributed by atoms with E-state index >= 15 is 0 Å². The number of rotatable bonds is 2. The predicted octanol–water partition coefficient (Wildman–Crippen LogP) is 2.48. The molecule has 0 saturated carbocycles. The van der Waals surface area contributed by atoms with Gasteiger partial charge in [-0.3, -0.25) is 4.79 Å². The third-order valence-electron chi connectivity index (χ3n) is 3.45. The molecule has 1 heterocycles. The lowest BCUT2D eigenvalue weighted by atomic mass is 9.87. The van der Waals surface area contributed by atoms with Gasteiger partial charge in [0.05, 0.1) is 5.92 Å². The summed E-state index contributed by atoms with van der Waals surface area (Å²) in [6.07, 6.45) is 0. The Morgan fingerprint density at radius 1 is 1.22 bits per heavy atom. The van der Waals surface area contributed by atoms with E-state index in [-0.39, 0.29) is 17.2 Å². The molecule has 1 aliphatic heterocycles. The number of likely N-dealkylation sites (tertiary alicyclic amines) is 1. The summed E-state index contributed by atoms with van der Waals surface area (Å²) in [6.45, 7) is 8.29. The second-order valence-corrected chi connectivity index (χ2v) is 6.23. The molecule has 0 bridgehead atoms. The van der Waals surface area contributed by atoms with E-state index in [0.717, 1.165) is 18.8 Å². The van der Waals surface area contributed by atoms with Crippen molar-refractivity contribution in [2.24, 2.45) is 5.92 Å². The highest BCUT2D eigenvalue weighted by atomic mass is 16.2. The van der Waals surface area contributed by atoms with Crippen LogP contribution in [0.2, 0.25) is 0 Å². The van der Waals surface area contributed by atoms with Gasteiger partial charge in [-0.1, -0.05) is 32.9 Å². The van der Waals surface area contributed by atoms with Gasteiger partial charge in [0, 0.05) is 18.8 Å². The van der Waals surface area contributed by atoms with Gasteiger partial charge in [-0.2, -0.15) is 0 Å². The standard InChI is InChI=1S/C15H22N2O/c1-15(2,3)12-5-7-13(8-6-12)16-14(18)11-9-17(4)10-11/h5-8,11H,9-10H2,1-4H3,(H,16,18). The molecule has 0 atom stereocenters. The van der Waals surface area contributed by atoms with Gasteiger partial charge in [-0.25, -0.2) is 0 Å². The predicted molar refractivity (Wildman–Crippen MR) is 74.8 cm³/mol. The molecule has 0 aromatic heterocycles. The van der Waals surface area contributed by atoms with Crippen molar-refractivity contribution in [3.8, 4) is 0 Å². The van der Waals surface area contributed by atoms with Crippen molar-refractivity contribution in [1.82, 2.24) is 4.90 Å². The minimum atomic E-state index is 0.136. The molecule has 1 fully saturated rings. The Bertz CT molecular complexity index is 425. The van der Waals surface area contributed by atoms with E-state index in [0.29, 0.717) is 0 Å². The highest BCUT2D eigenvalue weighted by Gasteiger charge is 2.29. The van der Waals surface area contributed by atoms with Crippen LogP contribution >= 0.6 is 0 Å². The van der Waals surface area contributed by atoms with Crippen molar-refractivity contribution in [2.45, 2.75) is 26.2 Å². The Labute approximate surface area is 109 Å². The largest absolute Gasteiger partial charge is 0.326 e. The molecule has 0 aliphatic carbocycles. The second kappa shape index (κ2) is 4.73. The number of benzene rings is 1. The summed E-state index contributed by atoms with van der Waals surface area (Å²) in [7, 11) is 2.03.